The molecule has 30 heavy (non-hydrogen) atoms. The van der Waals surface area contributed by atoms with E-state index < -0.39 is 10.0 Å². The number of fused-ring (bicyclic) bond motifs is 2. The fourth-order valence-electron chi connectivity index (χ4n) is 3.50. The van der Waals surface area contributed by atoms with Gasteiger partial charge in [0.2, 0.25) is 10.0 Å². The highest BCUT2D eigenvalue weighted by Gasteiger charge is 2.28. The second kappa shape index (κ2) is 8.70. The number of sulfonamides is 1. The van der Waals surface area contributed by atoms with Gasteiger partial charge in [-0.15, -0.1) is 10.2 Å². The molecular weight excluding hydrogens is 402 g/mol. The van der Waals surface area contributed by atoms with Crippen LogP contribution in [0.3, 0.4) is 0 Å². The average Bonchev–Trinajstić information content (AvgIpc) is 3.36. The monoisotopic (exact) mass is 427 g/mol. The van der Waals surface area contributed by atoms with E-state index in [1.807, 2.05) is 60.0 Å². The molecular formula is C20H25N7O2S. The lowest BCUT2D eigenvalue weighted by Crippen LogP contribution is -2.42. The van der Waals surface area contributed by atoms with Crippen molar-refractivity contribution in [2.24, 2.45) is 4.99 Å². The summed E-state index contributed by atoms with van der Waals surface area (Å²) < 4.78 is 29.0. The molecule has 2 N–H and O–H groups in total. The van der Waals surface area contributed by atoms with E-state index in [-0.39, 0.29) is 12.3 Å². The molecule has 0 aliphatic carbocycles. The van der Waals surface area contributed by atoms with Crippen molar-refractivity contribution in [3.8, 4) is 0 Å². The van der Waals surface area contributed by atoms with E-state index in [0.717, 1.165) is 23.3 Å². The first-order valence-electron chi connectivity index (χ1n) is 9.97. The van der Waals surface area contributed by atoms with Crippen LogP contribution in [-0.4, -0.2) is 54.4 Å². The number of benzene rings is 1. The normalized spacial score (nSPS) is 14.2. The van der Waals surface area contributed by atoms with Gasteiger partial charge in [0.15, 0.2) is 17.4 Å². The highest BCUT2D eigenvalue weighted by molar-refractivity contribution is 7.92. The van der Waals surface area contributed by atoms with Crippen LogP contribution in [0.15, 0.2) is 53.7 Å². The van der Waals surface area contributed by atoms with Crippen LogP contribution < -0.4 is 14.9 Å². The minimum Gasteiger partial charge on any atom is -0.357 e. The number of anilines is 1. The highest BCUT2D eigenvalue weighted by atomic mass is 32.2. The first-order valence-corrected chi connectivity index (χ1v) is 11.6. The van der Waals surface area contributed by atoms with Crippen molar-refractivity contribution in [1.82, 2.24) is 25.2 Å². The maximum Gasteiger partial charge on any atom is 0.236 e. The highest BCUT2D eigenvalue weighted by Crippen LogP contribution is 2.29. The molecule has 0 bridgehead atoms. The molecule has 10 heteroatoms. The zero-order valence-corrected chi connectivity index (χ0v) is 17.6. The number of pyridine rings is 1. The fraction of sp³-hybridized carbons (Fsp3) is 0.350. The standard InChI is InChI=1S/C20H25N7O2S/c1-2-21-20(23-15-19-25-24-18-9-5-6-12-26(18)19)22-11-14-30(28,29)27-13-10-16-7-3-4-8-17(16)27/h3-9,12H,2,10-11,13-15H2,1H3,(H2,21,22,23). The Morgan fingerprint density at radius 2 is 1.97 bits per heavy atom. The number of rotatable bonds is 7. The smallest absolute Gasteiger partial charge is 0.236 e. The van der Waals surface area contributed by atoms with Crippen molar-refractivity contribution in [3.63, 3.8) is 0 Å². The SMILES string of the molecule is CCNC(=NCc1nnc2ccccn12)NCCS(=O)(=O)N1CCc2ccccc21. The van der Waals surface area contributed by atoms with E-state index in [1.165, 1.54) is 4.31 Å². The van der Waals surface area contributed by atoms with E-state index >= 15 is 0 Å². The number of para-hydroxylation sites is 1. The third-order valence-corrected chi connectivity index (χ3v) is 6.71. The van der Waals surface area contributed by atoms with E-state index in [9.17, 15) is 8.42 Å². The largest absolute Gasteiger partial charge is 0.357 e. The Labute approximate surface area is 175 Å². The van der Waals surface area contributed by atoms with Crippen molar-refractivity contribution < 1.29 is 8.42 Å². The van der Waals surface area contributed by atoms with Crippen LogP contribution in [0.25, 0.3) is 5.65 Å². The van der Waals surface area contributed by atoms with Crippen LogP contribution in [0, 0.1) is 0 Å². The summed E-state index contributed by atoms with van der Waals surface area (Å²) in [5.41, 5.74) is 2.62. The molecule has 2 aromatic heterocycles. The molecule has 0 fully saturated rings. The predicted octanol–water partition coefficient (Wildman–Crippen LogP) is 1.18. The van der Waals surface area contributed by atoms with Crippen LogP contribution in [0.5, 0.6) is 0 Å². The van der Waals surface area contributed by atoms with Gasteiger partial charge in [0.25, 0.3) is 0 Å². The maximum absolute atomic E-state index is 12.8. The van der Waals surface area contributed by atoms with Crippen LogP contribution in [0.4, 0.5) is 5.69 Å². The minimum atomic E-state index is -3.41. The number of nitrogens with zero attached hydrogens (tertiary/aromatic N) is 5. The van der Waals surface area contributed by atoms with Gasteiger partial charge < -0.3 is 10.6 Å². The summed E-state index contributed by atoms with van der Waals surface area (Å²) in [6.07, 6.45) is 2.64. The van der Waals surface area contributed by atoms with Gasteiger partial charge in [0.05, 0.1) is 11.4 Å². The molecule has 1 aliphatic heterocycles. The number of hydrogen-bond acceptors (Lipinski definition) is 5. The molecule has 0 amide bonds. The minimum absolute atomic E-state index is 0.0143. The number of guanidine groups is 1. The summed E-state index contributed by atoms with van der Waals surface area (Å²) in [5.74, 6) is 1.24. The third kappa shape index (κ3) is 4.23. The molecule has 0 atom stereocenters. The van der Waals surface area contributed by atoms with Crippen LogP contribution in [-0.2, 0) is 23.0 Å². The summed E-state index contributed by atoms with van der Waals surface area (Å²) >= 11 is 0. The van der Waals surface area contributed by atoms with E-state index in [1.54, 1.807) is 0 Å². The lowest BCUT2D eigenvalue weighted by molar-refractivity contribution is 0.591. The molecule has 0 unspecified atom stereocenters. The van der Waals surface area contributed by atoms with Crippen molar-refractivity contribution in [3.05, 3.63) is 60.0 Å². The van der Waals surface area contributed by atoms with Gasteiger partial charge >= 0.3 is 0 Å². The first-order chi connectivity index (χ1) is 14.6. The number of hydrogen-bond donors (Lipinski definition) is 2. The molecule has 1 aromatic carbocycles. The summed E-state index contributed by atoms with van der Waals surface area (Å²) in [7, 11) is -3.41. The van der Waals surface area contributed by atoms with E-state index in [2.05, 4.69) is 25.8 Å². The Balaban J connectivity index is 1.39. The Bertz CT molecular complexity index is 1160. The second-order valence-electron chi connectivity index (χ2n) is 6.93. The van der Waals surface area contributed by atoms with Gasteiger partial charge in [-0.1, -0.05) is 24.3 Å². The van der Waals surface area contributed by atoms with Gasteiger partial charge in [0.1, 0.15) is 6.54 Å². The van der Waals surface area contributed by atoms with Crippen molar-refractivity contribution in [2.75, 3.05) is 29.7 Å². The average molecular weight is 428 g/mol. The quantitative estimate of drug-likeness (QED) is 0.433. The zero-order valence-electron chi connectivity index (χ0n) is 16.8. The fourth-order valence-corrected chi connectivity index (χ4v) is 4.92. The number of aliphatic imine (C=N–C) groups is 1. The van der Waals surface area contributed by atoms with E-state index in [4.69, 9.17) is 0 Å². The Hall–Kier alpha value is -3.14. The summed E-state index contributed by atoms with van der Waals surface area (Å²) in [6.45, 7) is 3.70. The second-order valence-corrected chi connectivity index (χ2v) is 8.95. The van der Waals surface area contributed by atoms with E-state index in [0.29, 0.717) is 31.4 Å². The van der Waals surface area contributed by atoms with Gasteiger partial charge in [-0.3, -0.25) is 8.71 Å². The molecule has 1 aliphatic rings. The Morgan fingerprint density at radius 1 is 1.13 bits per heavy atom. The van der Waals surface area contributed by atoms with Gasteiger partial charge in [0, 0.05) is 25.8 Å². The molecule has 0 saturated carbocycles. The molecule has 0 saturated heterocycles. The topological polar surface area (TPSA) is 104 Å². The molecule has 0 spiro atoms. The van der Waals surface area contributed by atoms with Crippen molar-refractivity contribution >= 4 is 27.3 Å². The molecule has 9 nitrogen and oxygen atoms in total. The predicted molar refractivity (Wildman–Crippen MR) is 117 cm³/mol. The Kier molecular flexibility index (Phi) is 5.84. The lowest BCUT2D eigenvalue weighted by Gasteiger charge is -2.20. The van der Waals surface area contributed by atoms with Crippen molar-refractivity contribution in [1.29, 1.82) is 0 Å². The molecule has 3 aromatic rings. The van der Waals surface area contributed by atoms with Gasteiger partial charge in [-0.2, -0.15) is 0 Å². The molecule has 4 rings (SSSR count). The maximum atomic E-state index is 12.8. The van der Waals surface area contributed by atoms with Crippen molar-refractivity contribution in [2.45, 2.75) is 19.9 Å². The molecule has 158 valence electrons. The number of nitrogens with one attached hydrogen (secondary N) is 2. The third-order valence-electron chi connectivity index (χ3n) is 4.94. The molecule has 0 radical (unpaired) electrons. The first kappa shape index (κ1) is 20.1. The molecule has 3 heterocycles. The summed E-state index contributed by atoms with van der Waals surface area (Å²) in [5, 5.41) is 14.5. The lowest BCUT2D eigenvalue weighted by atomic mass is 10.2. The summed E-state index contributed by atoms with van der Waals surface area (Å²) in [4.78, 5) is 4.52. The number of aromatic nitrogens is 3. The van der Waals surface area contributed by atoms with Gasteiger partial charge in [-0.05, 0) is 37.1 Å². The van der Waals surface area contributed by atoms with Crippen LogP contribution >= 0.6 is 0 Å². The van der Waals surface area contributed by atoms with Gasteiger partial charge in [-0.25, -0.2) is 13.4 Å². The van der Waals surface area contributed by atoms with Crippen LogP contribution in [0.2, 0.25) is 0 Å². The van der Waals surface area contributed by atoms with Crippen LogP contribution in [0.1, 0.15) is 18.3 Å². The zero-order chi connectivity index (χ0) is 21.0. The summed E-state index contributed by atoms with van der Waals surface area (Å²) in [6, 6.07) is 13.3. The Morgan fingerprint density at radius 3 is 2.83 bits per heavy atom.